The van der Waals surface area contributed by atoms with Gasteiger partial charge in [0.1, 0.15) is 0 Å². The van der Waals surface area contributed by atoms with Crippen molar-refractivity contribution in [2.75, 3.05) is 0 Å². The molecule has 2 aromatic rings. The molecule has 1 aromatic heterocycles. The van der Waals surface area contributed by atoms with Crippen LogP contribution in [0.15, 0.2) is 48.8 Å². The van der Waals surface area contributed by atoms with E-state index in [-0.39, 0.29) is 6.10 Å². The topological polar surface area (TPSA) is 33.1 Å². The van der Waals surface area contributed by atoms with E-state index in [9.17, 15) is 5.11 Å². The van der Waals surface area contributed by atoms with E-state index in [1.807, 2.05) is 12.1 Å². The van der Waals surface area contributed by atoms with E-state index >= 15 is 0 Å². The molecule has 1 unspecified atom stereocenters. The van der Waals surface area contributed by atoms with Crippen LogP contribution in [-0.2, 0) is 12.8 Å². The molecule has 0 saturated heterocycles. The van der Waals surface area contributed by atoms with Gasteiger partial charge in [-0.3, -0.25) is 4.98 Å². The largest absolute Gasteiger partial charge is 0.392 e. The second-order valence-corrected chi connectivity index (χ2v) is 4.40. The Labute approximate surface area is 102 Å². The number of aromatic nitrogens is 1. The average molecular weight is 227 g/mol. The Hall–Kier alpha value is -1.67. The smallest absolute Gasteiger partial charge is 0.0620 e. The first kappa shape index (κ1) is 11.8. The molecule has 1 heterocycles. The fourth-order valence-electron chi connectivity index (χ4n) is 1.86. The van der Waals surface area contributed by atoms with Gasteiger partial charge in [0.05, 0.1) is 6.10 Å². The number of hydrogen-bond donors (Lipinski definition) is 1. The third-order valence-corrected chi connectivity index (χ3v) is 2.81. The van der Waals surface area contributed by atoms with Gasteiger partial charge in [0.15, 0.2) is 0 Å². The monoisotopic (exact) mass is 227 g/mol. The number of aliphatic hydroxyl groups is 1. The van der Waals surface area contributed by atoms with E-state index in [4.69, 9.17) is 0 Å². The Bertz CT molecular complexity index is 450. The number of aryl methyl sites for hydroxylation is 1. The average Bonchev–Trinajstić information content (AvgIpc) is 2.33. The van der Waals surface area contributed by atoms with Crippen molar-refractivity contribution in [3.63, 3.8) is 0 Å². The molecule has 0 amide bonds. The lowest BCUT2D eigenvalue weighted by molar-refractivity contribution is 0.175. The van der Waals surface area contributed by atoms with Crippen LogP contribution in [0.3, 0.4) is 0 Å². The summed E-state index contributed by atoms with van der Waals surface area (Å²) in [5.74, 6) is 0. The van der Waals surface area contributed by atoms with Crippen molar-refractivity contribution in [2.45, 2.75) is 25.9 Å². The summed E-state index contributed by atoms with van der Waals surface area (Å²) in [5, 5.41) is 10.0. The van der Waals surface area contributed by atoms with E-state index < -0.39 is 0 Å². The standard InChI is InChI=1S/C15H17NO/c1-12-2-4-13(5-3-12)10-15(17)11-14-6-8-16-9-7-14/h2-9,15,17H,10-11H2,1H3. The zero-order valence-corrected chi connectivity index (χ0v) is 10.0. The van der Waals surface area contributed by atoms with E-state index in [0.29, 0.717) is 12.8 Å². The lowest BCUT2D eigenvalue weighted by Crippen LogP contribution is -2.13. The van der Waals surface area contributed by atoms with Crippen molar-refractivity contribution in [1.29, 1.82) is 0 Å². The van der Waals surface area contributed by atoms with Gasteiger partial charge in [-0.2, -0.15) is 0 Å². The summed E-state index contributed by atoms with van der Waals surface area (Å²) < 4.78 is 0. The van der Waals surface area contributed by atoms with Crippen LogP contribution >= 0.6 is 0 Å². The fraction of sp³-hybridized carbons (Fsp3) is 0.267. The number of nitrogens with zero attached hydrogens (tertiary/aromatic N) is 1. The predicted octanol–water partition coefficient (Wildman–Crippen LogP) is 2.54. The molecule has 1 aromatic carbocycles. The highest BCUT2D eigenvalue weighted by molar-refractivity contribution is 5.22. The number of rotatable bonds is 4. The molecule has 17 heavy (non-hydrogen) atoms. The van der Waals surface area contributed by atoms with Crippen LogP contribution in [0.4, 0.5) is 0 Å². The first-order valence-electron chi connectivity index (χ1n) is 5.86. The van der Waals surface area contributed by atoms with Gasteiger partial charge in [-0.25, -0.2) is 0 Å². The molecular formula is C15H17NO. The maximum atomic E-state index is 10.0. The zero-order valence-electron chi connectivity index (χ0n) is 10.0. The maximum absolute atomic E-state index is 10.0. The van der Waals surface area contributed by atoms with Crippen molar-refractivity contribution in [2.24, 2.45) is 0 Å². The van der Waals surface area contributed by atoms with Gasteiger partial charge < -0.3 is 5.11 Å². The molecule has 0 aliphatic carbocycles. The summed E-state index contributed by atoms with van der Waals surface area (Å²) in [6, 6.07) is 12.2. The number of aliphatic hydroxyl groups excluding tert-OH is 1. The van der Waals surface area contributed by atoms with Gasteiger partial charge in [-0.05, 0) is 43.0 Å². The SMILES string of the molecule is Cc1ccc(CC(O)Cc2ccncc2)cc1. The van der Waals surface area contributed by atoms with Gasteiger partial charge in [-0.15, -0.1) is 0 Å². The minimum absolute atomic E-state index is 0.333. The summed E-state index contributed by atoms with van der Waals surface area (Å²) in [7, 11) is 0. The number of pyridine rings is 1. The van der Waals surface area contributed by atoms with Crippen molar-refractivity contribution in [1.82, 2.24) is 4.98 Å². The zero-order chi connectivity index (χ0) is 12.1. The van der Waals surface area contributed by atoms with Gasteiger partial charge in [0, 0.05) is 12.4 Å². The summed E-state index contributed by atoms with van der Waals surface area (Å²) in [6.45, 7) is 2.07. The van der Waals surface area contributed by atoms with Crippen molar-refractivity contribution in [3.05, 3.63) is 65.5 Å². The highest BCUT2D eigenvalue weighted by Crippen LogP contribution is 2.09. The molecule has 0 aliphatic rings. The van der Waals surface area contributed by atoms with Gasteiger partial charge in [-0.1, -0.05) is 29.8 Å². The molecule has 0 fully saturated rings. The molecule has 0 radical (unpaired) electrons. The first-order valence-corrected chi connectivity index (χ1v) is 5.86. The van der Waals surface area contributed by atoms with Crippen molar-refractivity contribution in [3.8, 4) is 0 Å². The molecule has 1 atom stereocenters. The third-order valence-electron chi connectivity index (χ3n) is 2.81. The summed E-state index contributed by atoms with van der Waals surface area (Å²) in [4.78, 5) is 3.96. The van der Waals surface area contributed by atoms with E-state index in [2.05, 4.69) is 36.2 Å². The summed E-state index contributed by atoms with van der Waals surface area (Å²) >= 11 is 0. The minimum Gasteiger partial charge on any atom is -0.392 e. The Morgan fingerprint density at radius 2 is 1.47 bits per heavy atom. The van der Waals surface area contributed by atoms with E-state index in [1.54, 1.807) is 12.4 Å². The highest BCUT2D eigenvalue weighted by Gasteiger charge is 2.06. The van der Waals surface area contributed by atoms with Crippen LogP contribution in [0.25, 0.3) is 0 Å². The van der Waals surface area contributed by atoms with E-state index in [0.717, 1.165) is 5.56 Å². The Morgan fingerprint density at radius 3 is 2.06 bits per heavy atom. The molecule has 0 bridgehead atoms. The number of hydrogen-bond acceptors (Lipinski definition) is 2. The van der Waals surface area contributed by atoms with Crippen LogP contribution in [0.2, 0.25) is 0 Å². The van der Waals surface area contributed by atoms with Crippen LogP contribution in [0.5, 0.6) is 0 Å². The molecule has 88 valence electrons. The molecule has 2 rings (SSSR count). The second-order valence-electron chi connectivity index (χ2n) is 4.40. The molecule has 0 aliphatic heterocycles. The summed E-state index contributed by atoms with van der Waals surface area (Å²) in [6.07, 6.45) is 4.56. The molecule has 2 nitrogen and oxygen atoms in total. The predicted molar refractivity (Wildman–Crippen MR) is 68.8 cm³/mol. The van der Waals surface area contributed by atoms with Crippen molar-refractivity contribution < 1.29 is 5.11 Å². The minimum atomic E-state index is -0.333. The number of benzene rings is 1. The maximum Gasteiger partial charge on any atom is 0.0620 e. The molecule has 1 N–H and O–H groups in total. The highest BCUT2D eigenvalue weighted by atomic mass is 16.3. The van der Waals surface area contributed by atoms with Crippen LogP contribution in [-0.4, -0.2) is 16.2 Å². The third kappa shape index (κ3) is 3.68. The Morgan fingerprint density at radius 1 is 0.941 bits per heavy atom. The van der Waals surface area contributed by atoms with Crippen LogP contribution < -0.4 is 0 Å². The first-order chi connectivity index (χ1) is 8.24. The second kappa shape index (κ2) is 5.60. The molecule has 2 heteroatoms. The Kier molecular flexibility index (Phi) is 3.89. The molecule has 0 spiro atoms. The van der Waals surface area contributed by atoms with Gasteiger partial charge >= 0.3 is 0 Å². The summed E-state index contributed by atoms with van der Waals surface area (Å²) in [5.41, 5.74) is 3.55. The lowest BCUT2D eigenvalue weighted by Gasteiger charge is -2.10. The van der Waals surface area contributed by atoms with Gasteiger partial charge in [0.25, 0.3) is 0 Å². The molecule has 0 saturated carbocycles. The van der Waals surface area contributed by atoms with Crippen LogP contribution in [0, 0.1) is 6.92 Å². The fourth-order valence-corrected chi connectivity index (χ4v) is 1.86. The quantitative estimate of drug-likeness (QED) is 0.870. The van der Waals surface area contributed by atoms with Crippen molar-refractivity contribution >= 4 is 0 Å². The normalized spacial score (nSPS) is 12.4. The Balaban J connectivity index is 1.93. The molecular weight excluding hydrogens is 210 g/mol. The van der Waals surface area contributed by atoms with Gasteiger partial charge in [0.2, 0.25) is 0 Å². The lowest BCUT2D eigenvalue weighted by atomic mass is 10.0. The van der Waals surface area contributed by atoms with E-state index in [1.165, 1.54) is 11.1 Å². The van der Waals surface area contributed by atoms with Crippen LogP contribution in [0.1, 0.15) is 16.7 Å².